The molecule has 0 radical (unpaired) electrons. The smallest absolute Gasteiger partial charge is 0.181 e. The largest absolute Gasteiger partial charge is 0.362 e. The summed E-state index contributed by atoms with van der Waals surface area (Å²) in [4.78, 5) is 0. The minimum Gasteiger partial charge on any atom is -0.362 e. The lowest BCUT2D eigenvalue weighted by molar-refractivity contribution is 0.605. The van der Waals surface area contributed by atoms with Crippen LogP contribution in [0.5, 0.6) is 0 Å². The maximum atomic E-state index is 3.16. The van der Waals surface area contributed by atoms with Gasteiger partial charge in [0.2, 0.25) is 0 Å². The van der Waals surface area contributed by atoms with Crippen LogP contribution in [-0.2, 0) is 0 Å². The molecule has 60 valence electrons. The maximum absolute atomic E-state index is 3.16. The molecule has 0 aliphatic rings. The van der Waals surface area contributed by atoms with E-state index in [4.69, 9.17) is 0 Å². The quantitative estimate of drug-likeness (QED) is 0.418. The van der Waals surface area contributed by atoms with E-state index in [1.165, 1.54) is 45.1 Å². The molecule has 0 rings (SSSR count). The van der Waals surface area contributed by atoms with Crippen molar-refractivity contribution in [1.29, 1.82) is 0 Å². The monoisotopic (exact) mass is 141 g/mol. The van der Waals surface area contributed by atoms with E-state index < -0.39 is 0 Å². The summed E-state index contributed by atoms with van der Waals surface area (Å²) >= 11 is 0. The molecule has 0 atom stereocenters. The van der Waals surface area contributed by atoms with Crippen LogP contribution in [0.3, 0.4) is 0 Å². The van der Waals surface area contributed by atoms with Gasteiger partial charge in [-0.15, -0.1) is 0 Å². The van der Waals surface area contributed by atoms with Crippen molar-refractivity contribution >= 4 is 7.98 Å². The lowest BCUT2D eigenvalue weighted by Gasteiger charge is -1.98. The molecule has 2 heteroatoms. The minimum absolute atomic E-state index is 1.19. The Kier molecular flexibility index (Phi) is 9.05. The summed E-state index contributed by atoms with van der Waals surface area (Å²) in [5, 5.41) is 3.16. The Morgan fingerprint density at radius 1 is 1.00 bits per heavy atom. The van der Waals surface area contributed by atoms with E-state index in [0.717, 1.165) is 0 Å². The predicted octanol–water partition coefficient (Wildman–Crippen LogP) is 1.48. The zero-order valence-electron chi connectivity index (χ0n) is 7.45. The van der Waals surface area contributed by atoms with Crippen molar-refractivity contribution in [3.8, 4) is 0 Å². The third-order valence-electron chi connectivity index (χ3n) is 1.78. The standard InChI is InChI=1S/C8H20BN/c1-2-3-4-5-6-7-8-10-9/h10H,2-9H2,1H3. The van der Waals surface area contributed by atoms with E-state index in [0.29, 0.717) is 0 Å². The van der Waals surface area contributed by atoms with Gasteiger partial charge in [0.25, 0.3) is 0 Å². The molecule has 0 fully saturated rings. The highest BCUT2D eigenvalue weighted by atomic mass is 14.7. The van der Waals surface area contributed by atoms with Crippen molar-refractivity contribution in [1.82, 2.24) is 5.23 Å². The summed E-state index contributed by atoms with van der Waals surface area (Å²) in [5.74, 6) is 0. The van der Waals surface area contributed by atoms with Crippen LogP contribution >= 0.6 is 0 Å². The number of rotatable bonds is 7. The number of hydrogen-bond donors (Lipinski definition) is 1. The Morgan fingerprint density at radius 2 is 1.60 bits per heavy atom. The van der Waals surface area contributed by atoms with Crippen LogP contribution < -0.4 is 5.23 Å². The topological polar surface area (TPSA) is 12.0 Å². The molecule has 1 N–H and O–H groups in total. The molecule has 0 heterocycles. The summed E-state index contributed by atoms with van der Waals surface area (Å²) in [6.07, 6.45) is 8.38. The first-order valence-corrected chi connectivity index (χ1v) is 4.56. The first kappa shape index (κ1) is 10.0. The van der Waals surface area contributed by atoms with E-state index in [1.807, 2.05) is 7.98 Å². The molecule has 0 amide bonds. The first-order valence-electron chi connectivity index (χ1n) is 4.56. The second kappa shape index (κ2) is 9.02. The predicted molar refractivity (Wildman–Crippen MR) is 49.9 cm³/mol. The van der Waals surface area contributed by atoms with Gasteiger partial charge in [-0.25, -0.2) is 0 Å². The van der Waals surface area contributed by atoms with Crippen LogP contribution in [0.25, 0.3) is 0 Å². The van der Waals surface area contributed by atoms with Gasteiger partial charge in [-0.05, 0) is 13.0 Å². The van der Waals surface area contributed by atoms with E-state index in [1.54, 1.807) is 0 Å². The number of nitrogens with one attached hydrogen (secondary N) is 1. The van der Waals surface area contributed by atoms with E-state index >= 15 is 0 Å². The average Bonchev–Trinajstić information content (AvgIpc) is 1.97. The van der Waals surface area contributed by atoms with Crippen LogP contribution in [0.1, 0.15) is 45.4 Å². The second-order valence-corrected chi connectivity index (χ2v) is 2.87. The summed E-state index contributed by atoms with van der Waals surface area (Å²) in [5.41, 5.74) is 0. The van der Waals surface area contributed by atoms with Crippen LogP contribution in [-0.4, -0.2) is 14.5 Å². The number of hydrogen-bond acceptors (Lipinski definition) is 1. The average molecular weight is 141 g/mol. The van der Waals surface area contributed by atoms with Crippen LogP contribution in [0, 0.1) is 0 Å². The van der Waals surface area contributed by atoms with Gasteiger partial charge >= 0.3 is 0 Å². The van der Waals surface area contributed by atoms with E-state index in [9.17, 15) is 0 Å². The van der Waals surface area contributed by atoms with Crippen molar-refractivity contribution in [2.45, 2.75) is 45.4 Å². The van der Waals surface area contributed by atoms with E-state index in [-0.39, 0.29) is 0 Å². The molecule has 0 bridgehead atoms. The molecule has 0 aliphatic carbocycles. The Labute approximate surface area is 66.0 Å². The lowest BCUT2D eigenvalue weighted by Crippen LogP contribution is -2.09. The fourth-order valence-corrected chi connectivity index (χ4v) is 1.08. The molecular weight excluding hydrogens is 121 g/mol. The summed E-state index contributed by atoms with van der Waals surface area (Å²) in [6.45, 7) is 3.44. The fourth-order valence-electron chi connectivity index (χ4n) is 1.08. The van der Waals surface area contributed by atoms with Gasteiger partial charge in [-0.3, -0.25) is 0 Å². The van der Waals surface area contributed by atoms with E-state index in [2.05, 4.69) is 12.2 Å². The van der Waals surface area contributed by atoms with Gasteiger partial charge in [-0.2, -0.15) is 0 Å². The highest BCUT2D eigenvalue weighted by Crippen LogP contribution is 2.03. The lowest BCUT2D eigenvalue weighted by atomic mass is 10.1. The molecule has 0 spiro atoms. The molecule has 0 saturated heterocycles. The highest BCUT2D eigenvalue weighted by molar-refractivity contribution is 6.04. The Hall–Kier alpha value is 0.0249. The van der Waals surface area contributed by atoms with Crippen molar-refractivity contribution in [2.75, 3.05) is 6.54 Å². The number of unbranched alkanes of at least 4 members (excludes halogenated alkanes) is 5. The molecule has 0 aliphatic heterocycles. The Morgan fingerprint density at radius 3 is 2.20 bits per heavy atom. The minimum atomic E-state index is 1.19. The molecule has 0 aromatic heterocycles. The van der Waals surface area contributed by atoms with Crippen LogP contribution in [0.15, 0.2) is 0 Å². The molecule has 0 unspecified atom stereocenters. The fraction of sp³-hybridized carbons (Fsp3) is 1.00. The van der Waals surface area contributed by atoms with Crippen molar-refractivity contribution in [3.63, 3.8) is 0 Å². The molecule has 0 aromatic carbocycles. The first-order chi connectivity index (χ1) is 4.91. The third-order valence-corrected chi connectivity index (χ3v) is 1.78. The van der Waals surface area contributed by atoms with Gasteiger partial charge in [0.05, 0.1) is 0 Å². The van der Waals surface area contributed by atoms with Crippen molar-refractivity contribution in [2.24, 2.45) is 0 Å². The highest BCUT2D eigenvalue weighted by Gasteiger charge is 1.87. The van der Waals surface area contributed by atoms with Crippen molar-refractivity contribution < 1.29 is 0 Å². The van der Waals surface area contributed by atoms with Gasteiger partial charge in [0, 0.05) is 0 Å². The molecular formula is C8H20BN. The van der Waals surface area contributed by atoms with Gasteiger partial charge in [-0.1, -0.05) is 39.0 Å². The Balaban J connectivity index is 2.65. The summed E-state index contributed by atoms with van der Waals surface area (Å²) < 4.78 is 0. The molecule has 1 nitrogen and oxygen atoms in total. The maximum Gasteiger partial charge on any atom is 0.181 e. The molecule has 10 heavy (non-hydrogen) atoms. The normalized spacial score (nSPS) is 10.1. The van der Waals surface area contributed by atoms with Gasteiger partial charge in [0.1, 0.15) is 0 Å². The second-order valence-electron chi connectivity index (χ2n) is 2.87. The third kappa shape index (κ3) is 8.02. The Bertz CT molecular complexity index is 49.2. The zero-order chi connectivity index (χ0) is 7.66. The van der Waals surface area contributed by atoms with Gasteiger partial charge < -0.3 is 5.23 Å². The van der Waals surface area contributed by atoms with Gasteiger partial charge in [0.15, 0.2) is 7.98 Å². The zero-order valence-corrected chi connectivity index (χ0v) is 7.45. The van der Waals surface area contributed by atoms with Crippen LogP contribution in [0.2, 0.25) is 0 Å². The SMILES string of the molecule is BNCCCCCCCC. The molecule has 0 saturated carbocycles. The van der Waals surface area contributed by atoms with Crippen LogP contribution in [0.4, 0.5) is 0 Å². The molecule has 0 aromatic rings. The van der Waals surface area contributed by atoms with Crippen molar-refractivity contribution in [3.05, 3.63) is 0 Å². The summed E-state index contributed by atoms with van der Waals surface area (Å²) in [6, 6.07) is 0. The summed E-state index contributed by atoms with van der Waals surface area (Å²) in [7, 11) is 2.02.